The molecule has 0 saturated carbocycles. The summed E-state index contributed by atoms with van der Waals surface area (Å²) < 4.78 is 3.51. The average Bonchev–Trinajstić information content (AvgIpc) is 2.67. The molecule has 2 nitrogen and oxygen atoms in total. The van der Waals surface area contributed by atoms with E-state index >= 15 is 0 Å². The van der Waals surface area contributed by atoms with Crippen LogP contribution in [0.1, 0.15) is 0 Å². The maximum atomic E-state index is 3.51. The van der Waals surface area contributed by atoms with Crippen LogP contribution in [0.4, 0.5) is 0 Å². The molecule has 0 fully saturated rings. The van der Waals surface area contributed by atoms with Crippen LogP contribution in [0, 0.1) is 0 Å². The molecular weight excluding hydrogens is 250 g/mol. The first kappa shape index (κ1) is 11.6. The summed E-state index contributed by atoms with van der Waals surface area (Å²) in [6.45, 7) is 0. The summed E-state index contributed by atoms with van der Waals surface area (Å²) >= 11 is 1.35. The molecule has 0 aliphatic carbocycles. The van der Waals surface area contributed by atoms with Gasteiger partial charge in [0, 0.05) is 30.6 Å². The molecule has 1 aliphatic rings. The molecule has 0 radical (unpaired) electrons. The summed E-state index contributed by atoms with van der Waals surface area (Å²) in [5, 5.41) is 7.43. The van der Waals surface area contributed by atoms with E-state index in [4.69, 9.17) is 0 Å². The molecule has 2 heterocycles. The third-order valence-electron chi connectivity index (χ3n) is 0.667. The molecule has 2 rings (SSSR count). The summed E-state index contributed by atoms with van der Waals surface area (Å²) in [5.74, 6) is 1.20. The van der Waals surface area contributed by atoms with E-state index in [1.54, 1.807) is 6.20 Å². The van der Waals surface area contributed by atoms with Gasteiger partial charge in [0.1, 0.15) is 0 Å². The van der Waals surface area contributed by atoms with Crippen molar-refractivity contribution < 1.29 is 19.5 Å². The molecule has 11 heavy (non-hydrogen) atoms. The summed E-state index contributed by atoms with van der Waals surface area (Å²) in [6.07, 6.45) is 3.82. The molecule has 0 aromatic carbocycles. The monoisotopic (exact) mass is 254 g/mol. The van der Waals surface area contributed by atoms with E-state index in [2.05, 4.69) is 21.1 Å². The van der Waals surface area contributed by atoms with Crippen molar-refractivity contribution in [3.05, 3.63) is 23.1 Å². The predicted molar refractivity (Wildman–Crippen MR) is 49.1 cm³/mol. The van der Waals surface area contributed by atoms with Crippen molar-refractivity contribution in [2.45, 2.75) is 0 Å². The Labute approximate surface area is 90.6 Å². The van der Waals surface area contributed by atoms with E-state index < -0.39 is 0 Å². The molecule has 1 aromatic rings. The number of hydrogen-bond donors (Lipinski definition) is 0. The Balaban J connectivity index is 0.000000167. The van der Waals surface area contributed by atoms with E-state index in [1.165, 1.54) is 17.3 Å². The molecule has 0 N–H and O–H groups in total. The minimum absolute atomic E-state index is 0. The zero-order chi connectivity index (χ0) is 7.07. The topological polar surface area (TPSA) is 25.8 Å². The van der Waals surface area contributed by atoms with Gasteiger partial charge < -0.3 is 0 Å². The van der Waals surface area contributed by atoms with Gasteiger partial charge in [-0.3, -0.25) is 0 Å². The fourth-order valence-corrected chi connectivity index (χ4v) is 2.18. The maximum absolute atomic E-state index is 3.51. The normalized spacial score (nSPS) is 13.1. The van der Waals surface area contributed by atoms with Crippen molar-refractivity contribution >= 4 is 33.1 Å². The van der Waals surface area contributed by atoms with Crippen LogP contribution in [0.3, 0.4) is 0 Å². The molecule has 1 aromatic heterocycles. The van der Waals surface area contributed by atoms with Gasteiger partial charge in [-0.1, -0.05) is 32.2 Å². The van der Waals surface area contributed by atoms with E-state index in [-0.39, 0.29) is 19.5 Å². The minimum Gasteiger partial charge on any atom is -0.147 e. The second-order valence-corrected chi connectivity index (χ2v) is 4.30. The molecule has 0 spiro atoms. The Kier molecular flexibility index (Phi) is 9.21. The minimum atomic E-state index is 0. The fourth-order valence-electron chi connectivity index (χ4n) is 0.333. The fraction of sp³-hybridized carbons (Fsp3) is 0.200. The third kappa shape index (κ3) is 7.00. The second-order valence-electron chi connectivity index (χ2n) is 1.34. The zero-order valence-corrected chi connectivity index (χ0v) is 11.3. The van der Waals surface area contributed by atoms with Gasteiger partial charge in [0.2, 0.25) is 0 Å². The van der Waals surface area contributed by atoms with Crippen molar-refractivity contribution in [3.63, 3.8) is 0 Å². The number of hydrogen-bond acceptors (Lipinski definition) is 5. The van der Waals surface area contributed by atoms with Crippen molar-refractivity contribution in [2.24, 2.45) is 0 Å². The summed E-state index contributed by atoms with van der Waals surface area (Å²) in [4.78, 5) is 0. The second kappa shape index (κ2) is 8.72. The largest absolute Gasteiger partial charge is 0.147 e. The van der Waals surface area contributed by atoms with Gasteiger partial charge >= 0.3 is 0 Å². The Morgan fingerprint density at radius 3 is 2.45 bits per heavy atom. The van der Waals surface area contributed by atoms with E-state index in [0.717, 1.165) is 0 Å². The van der Waals surface area contributed by atoms with Gasteiger partial charge in [-0.2, -0.15) is 0 Å². The molecule has 1 aliphatic heterocycles. The van der Waals surface area contributed by atoms with Gasteiger partial charge in [0.05, 0.1) is 6.20 Å². The van der Waals surface area contributed by atoms with Crippen molar-refractivity contribution in [2.75, 3.05) is 5.75 Å². The molecule has 0 atom stereocenters. The van der Waals surface area contributed by atoms with Crippen molar-refractivity contribution in [1.29, 1.82) is 0 Å². The Hall–Kier alpha value is 0.623. The first-order valence-electron chi connectivity index (χ1n) is 2.64. The van der Waals surface area contributed by atoms with Crippen LogP contribution in [-0.4, -0.2) is 15.3 Å². The van der Waals surface area contributed by atoms with Crippen LogP contribution < -0.4 is 0 Å². The Bertz CT molecular complexity index is 155. The molecule has 6 heteroatoms. The number of aromatic nitrogens is 2. The van der Waals surface area contributed by atoms with Gasteiger partial charge in [-0.05, 0) is 16.9 Å². The first-order chi connectivity index (χ1) is 5.00. The number of rotatable bonds is 0. The molecule has 0 amide bonds. The third-order valence-corrected chi connectivity index (χ3v) is 3.02. The van der Waals surface area contributed by atoms with Gasteiger partial charge in [-0.25, -0.2) is 0 Å². The SMILES string of the molecule is C1=CSSC1.[Zn].c1csnn1. The molecule has 56 valence electrons. The summed E-state index contributed by atoms with van der Waals surface area (Å²) in [7, 11) is 3.69. The molecule has 0 saturated heterocycles. The van der Waals surface area contributed by atoms with E-state index in [1.807, 2.05) is 27.0 Å². The Morgan fingerprint density at radius 1 is 1.36 bits per heavy atom. The van der Waals surface area contributed by atoms with Crippen LogP contribution >= 0.6 is 33.1 Å². The maximum Gasteiger partial charge on any atom is 0.0620 e. The predicted octanol–water partition coefficient (Wildman–Crippen LogP) is 2.43. The molecule has 0 unspecified atom stereocenters. The van der Waals surface area contributed by atoms with E-state index in [9.17, 15) is 0 Å². The van der Waals surface area contributed by atoms with Crippen LogP contribution in [-0.2, 0) is 19.5 Å². The van der Waals surface area contributed by atoms with Gasteiger partial charge in [-0.15, -0.1) is 5.10 Å². The van der Waals surface area contributed by atoms with Crippen LogP contribution in [0.25, 0.3) is 0 Å². The quantitative estimate of drug-likeness (QED) is 0.525. The molecule has 0 bridgehead atoms. The zero-order valence-electron chi connectivity index (χ0n) is 5.84. The van der Waals surface area contributed by atoms with Crippen molar-refractivity contribution in [1.82, 2.24) is 9.59 Å². The van der Waals surface area contributed by atoms with Crippen LogP contribution in [0.2, 0.25) is 0 Å². The first-order valence-corrected chi connectivity index (χ1v) is 5.86. The summed E-state index contributed by atoms with van der Waals surface area (Å²) in [6, 6.07) is 0. The van der Waals surface area contributed by atoms with Crippen LogP contribution in [0.5, 0.6) is 0 Å². The molecular formula is C5H6N2S3Zn. The van der Waals surface area contributed by atoms with Crippen LogP contribution in [0.15, 0.2) is 23.1 Å². The van der Waals surface area contributed by atoms with Crippen molar-refractivity contribution in [3.8, 4) is 0 Å². The summed E-state index contributed by atoms with van der Waals surface area (Å²) in [5.41, 5.74) is 0. The smallest absolute Gasteiger partial charge is 0.0620 e. The van der Waals surface area contributed by atoms with E-state index in [0.29, 0.717) is 0 Å². The standard InChI is InChI=1S/C3H4S2.C2H2N2S.Zn/c1-2-4-5-3-1;1-2-5-4-3-1;/h1-2H,3H2;1-2H;. The Morgan fingerprint density at radius 2 is 2.27 bits per heavy atom. The van der Waals surface area contributed by atoms with Gasteiger partial charge in [0.15, 0.2) is 0 Å². The van der Waals surface area contributed by atoms with Gasteiger partial charge in [0.25, 0.3) is 0 Å². The average molecular weight is 256 g/mol. The number of nitrogens with zero attached hydrogens (tertiary/aromatic N) is 2.